The number of carbonyl (C=O) groups is 1. The highest BCUT2D eigenvalue weighted by Gasteiger charge is 2.48. The van der Waals surface area contributed by atoms with Gasteiger partial charge in [-0.05, 0) is 25.0 Å². The Balaban J connectivity index is 1.41. The zero-order valence-electron chi connectivity index (χ0n) is 15.5. The largest absolute Gasteiger partial charge is 0.354 e. The molecule has 1 amide bonds. The molecule has 2 aliphatic rings. The van der Waals surface area contributed by atoms with Gasteiger partial charge in [0, 0.05) is 43.2 Å². The van der Waals surface area contributed by atoms with Crippen LogP contribution >= 0.6 is 11.3 Å². The van der Waals surface area contributed by atoms with E-state index in [1.807, 2.05) is 17.2 Å². The summed E-state index contributed by atoms with van der Waals surface area (Å²) >= 11 is 0.978. The van der Waals surface area contributed by atoms with E-state index in [0.717, 1.165) is 47.6 Å². The van der Waals surface area contributed by atoms with Crippen LogP contribution in [0.25, 0.3) is 11.0 Å². The molecule has 3 aromatic heterocycles. The van der Waals surface area contributed by atoms with Crippen LogP contribution in [0, 0.1) is 5.41 Å². The molecule has 3 N–H and O–H groups in total. The van der Waals surface area contributed by atoms with Gasteiger partial charge in [-0.15, -0.1) is 11.3 Å². The highest BCUT2D eigenvalue weighted by Crippen LogP contribution is 2.48. The van der Waals surface area contributed by atoms with Crippen molar-refractivity contribution in [2.24, 2.45) is 10.6 Å². The van der Waals surface area contributed by atoms with Crippen molar-refractivity contribution in [3.8, 4) is 0 Å². The normalized spacial score (nSPS) is 18.9. The van der Waals surface area contributed by atoms with E-state index in [2.05, 4.69) is 19.9 Å². The van der Waals surface area contributed by atoms with E-state index in [0.29, 0.717) is 25.2 Å². The number of carbonyl (C=O) groups excluding carboxylic acids is 1. The van der Waals surface area contributed by atoms with Gasteiger partial charge in [-0.2, -0.15) is 0 Å². The molecule has 1 saturated heterocycles. The molecule has 0 radical (unpaired) electrons. The summed E-state index contributed by atoms with van der Waals surface area (Å²) in [6, 6.07) is 3.34. The number of aromatic nitrogens is 3. The Labute approximate surface area is 171 Å². The zero-order valence-corrected chi connectivity index (χ0v) is 17.2. The van der Waals surface area contributed by atoms with Gasteiger partial charge >= 0.3 is 0 Å². The number of nitrogens with two attached hydrogens (primary N) is 1. The fourth-order valence-electron chi connectivity index (χ4n) is 3.98. The van der Waals surface area contributed by atoms with E-state index < -0.39 is 10.0 Å². The van der Waals surface area contributed by atoms with Crippen LogP contribution in [0.5, 0.6) is 0 Å². The first kappa shape index (κ1) is 18.5. The van der Waals surface area contributed by atoms with Crippen molar-refractivity contribution < 1.29 is 13.2 Å². The van der Waals surface area contributed by atoms with Crippen molar-refractivity contribution in [1.29, 1.82) is 0 Å². The summed E-state index contributed by atoms with van der Waals surface area (Å²) in [7, 11) is -3.80. The third kappa shape index (κ3) is 3.38. The standard InChI is InChI=1S/C18H20N6O3S2/c19-29(26,27)14-7-12(8-28-14)17(25)24-6-5-23(9-18(10-24)2-3-18)16-13-1-4-20-15(13)21-11-22-16/h1,4,7-8,11H,2-3,5-6,9-10H2,(H2,19,26,27)(H,20,21,22). The van der Waals surface area contributed by atoms with Gasteiger partial charge in [-0.1, -0.05) is 0 Å². The smallest absolute Gasteiger partial charge is 0.254 e. The number of hydrogen-bond acceptors (Lipinski definition) is 7. The topological polar surface area (TPSA) is 125 Å². The van der Waals surface area contributed by atoms with E-state index in [9.17, 15) is 13.2 Å². The summed E-state index contributed by atoms with van der Waals surface area (Å²) in [4.78, 5) is 29.0. The average molecular weight is 433 g/mol. The minimum atomic E-state index is -3.80. The van der Waals surface area contributed by atoms with Gasteiger partial charge in [0.1, 0.15) is 22.0 Å². The first-order chi connectivity index (χ1) is 13.8. The molecule has 5 rings (SSSR count). The molecule has 9 nitrogen and oxygen atoms in total. The lowest BCUT2D eigenvalue weighted by Crippen LogP contribution is -2.36. The fourth-order valence-corrected chi connectivity index (χ4v) is 5.56. The highest BCUT2D eigenvalue weighted by atomic mass is 32.2. The minimum absolute atomic E-state index is 0.00858. The number of hydrogen-bond donors (Lipinski definition) is 2. The molecule has 0 bridgehead atoms. The van der Waals surface area contributed by atoms with Crippen molar-refractivity contribution >= 4 is 44.1 Å². The van der Waals surface area contributed by atoms with Crippen molar-refractivity contribution in [3.63, 3.8) is 0 Å². The number of nitrogens with zero attached hydrogens (tertiary/aromatic N) is 4. The predicted octanol–water partition coefficient (Wildman–Crippen LogP) is 1.41. The number of nitrogens with one attached hydrogen (secondary N) is 1. The zero-order chi connectivity index (χ0) is 20.2. The molecule has 1 saturated carbocycles. The van der Waals surface area contributed by atoms with Gasteiger partial charge in [0.2, 0.25) is 10.0 Å². The number of fused-ring (bicyclic) bond motifs is 1. The Morgan fingerprint density at radius 2 is 2.07 bits per heavy atom. The molecular formula is C18H20N6O3S2. The summed E-state index contributed by atoms with van der Waals surface area (Å²) in [6.45, 7) is 2.68. The molecule has 2 fully saturated rings. The van der Waals surface area contributed by atoms with Gasteiger partial charge in [-0.25, -0.2) is 23.5 Å². The Kier molecular flexibility index (Phi) is 4.16. The highest BCUT2D eigenvalue weighted by molar-refractivity contribution is 7.91. The van der Waals surface area contributed by atoms with Crippen LogP contribution < -0.4 is 10.0 Å². The van der Waals surface area contributed by atoms with Crippen molar-refractivity contribution in [3.05, 3.63) is 35.6 Å². The maximum Gasteiger partial charge on any atom is 0.254 e. The Bertz CT molecular complexity index is 1200. The molecule has 0 aromatic carbocycles. The second-order valence-electron chi connectivity index (χ2n) is 7.78. The number of H-pyrrole nitrogens is 1. The van der Waals surface area contributed by atoms with Crippen LogP contribution in [0.1, 0.15) is 23.2 Å². The van der Waals surface area contributed by atoms with Crippen LogP contribution in [0.15, 0.2) is 34.2 Å². The molecule has 1 aliphatic heterocycles. The summed E-state index contributed by atoms with van der Waals surface area (Å²) in [5, 5.41) is 7.72. The first-order valence-corrected chi connectivity index (χ1v) is 11.7. The maximum absolute atomic E-state index is 13.1. The fraction of sp³-hybridized carbons (Fsp3) is 0.389. The molecule has 0 atom stereocenters. The molecule has 11 heteroatoms. The number of amides is 1. The second kappa shape index (κ2) is 6.51. The summed E-state index contributed by atoms with van der Waals surface area (Å²) in [6.07, 6.45) is 5.52. The van der Waals surface area contributed by atoms with Gasteiger partial charge in [-0.3, -0.25) is 4.79 Å². The summed E-state index contributed by atoms with van der Waals surface area (Å²) < 4.78 is 23.1. The third-order valence-corrected chi connectivity index (χ3v) is 8.06. The van der Waals surface area contributed by atoms with Crippen molar-refractivity contribution in [1.82, 2.24) is 19.9 Å². The SMILES string of the molecule is NS(=O)(=O)c1cc(C(=O)N2CCN(c3ncnc4[nH]ccc34)CC3(CC3)C2)cs1. The molecule has 4 heterocycles. The van der Waals surface area contributed by atoms with E-state index in [4.69, 9.17) is 5.14 Å². The maximum atomic E-state index is 13.1. The lowest BCUT2D eigenvalue weighted by atomic mass is 10.1. The average Bonchev–Trinajstić information content (AvgIpc) is 3.08. The summed E-state index contributed by atoms with van der Waals surface area (Å²) in [5.74, 6) is 0.725. The lowest BCUT2D eigenvalue weighted by Gasteiger charge is -2.25. The van der Waals surface area contributed by atoms with Crippen LogP contribution in [-0.2, 0) is 10.0 Å². The number of thiophene rings is 1. The molecule has 29 heavy (non-hydrogen) atoms. The molecule has 152 valence electrons. The quantitative estimate of drug-likeness (QED) is 0.645. The van der Waals surface area contributed by atoms with E-state index in [1.165, 1.54) is 6.07 Å². The molecule has 1 aliphatic carbocycles. The second-order valence-corrected chi connectivity index (χ2v) is 10.5. The lowest BCUT2D eigenvalue weighted by molar-refractivity contribution is 0.0741. The number of sulfonamides is 1. The van der Waals surface area contributed by atoms with E-state index >= 15 is 0 Å². The third-order valence-electron chi connectivity index (χ3n) is 5.67. The van der Waals surface area contributed by atoms with Gasteiger partial charge in [0.15, 0.2) is 0 Å². The Hall–Kier alpha value is -2.50. The van der Waals surface area contributed by atoms with Crippen LogP contribution in [0.2, 0.25) is 0 Å². The van der Waals surface area contributed by atoms with Crippen LogP contribution in [0.4, 0.5) is 5.82 Å². The molecule has 1 spiro atoms. The van der Waals surface area contributed by atoms with Gasteiger partial charge in [0.25, 0.3) is 5.91 Å². The Morgan fingerprint density at radius 1 is 1.24 bits per heavy atom. The number of primary sulfonamides is 1. The summed E-state index contributed by atoms with van der Waals surface area (Å²) in [5.41, 5.74) is 1.22. The molecule has 3 aromatic rings. The number of rotatable bonds is 3. The van der Waals surface area contributed by atoms with Crippen molar-refractivity contribution in [2.45, 2.75) is 17.1 Å². The van der Waals surface area contributed by atoms with E-state index in [1.54, 1.807) is 11.7 Å². The predicted molar refractivity (Wildman–Crippen MR) is 109 cm³/mol. The van der Waals surface area contributed by atoms with Gasteiger partial charge in [0.05, 0.1) is 10.9 Å². The van der Waals surface area contributed by atoms with E-state index in [-0.39, 0.29) is 15.5 Å². The van der Waals surface area contributed by atoms with Crippen LogP contribution in [-0.4, -0.2) is 60.4 Å². The number of aromatic amines is 1. The van der Waals surface area contributed by atoms with Gasteiger partial charge < -0.3 is 14.8 Å². The minimum Gasteiger partial charge on any atom is -0.354 e. The van der Waals surface area contributed by atoms with Crippen molar-refractivity contribution in [2.75, 3.05) is 31.1 Å². The first-order valence-electron chi connectivity index (χ1n) is 9.28. The molecular weight excluding hydrogens is 412 g/mol. The Morgan fingerprint density at radius 3 is 2.79 bits per heavy atom. The number of anilines is 1. The monoisotopic (exact) mass is 432 g/mol. The van der Waals surface area contributed by atoms with Crippen LogP contribution in [0.3, 0.4) is 0 Å². The molecule has 0 unspecified atom stereocenters.